The molecular weight excluding hydrogens is 300 g/mol. The highest BCUT2D eigenvalue weighted by atomic mass is 79.9. The molecule has 3 rings (SSSR count). The summed E-state index contributed by atoms with van der Waals surface area (Å²) >= 11 is 3.51. The number of fused-ring (bicyclic) bond motifs is 1. The molecule has 0 radical (unpaired) electrons. The van der Waals surface area contributed by atoms with Gasteiger partial charge < -0.3 is 20.1 Å². The lowest BCUT2D eigenvalue weighted by atomic mass is 10.2. The molecule has 1 fully saturated rings. The van der Waals surface area contributed by atoms with Crippen LogP contribution in [-0.4, -0.2) is 25.3 Å². The third-order valence-electron chi connectivity index (χ3n) is 3.10. The van der Waals surface area contributed by atoms with E-state index in [1.807, 2.05) is 12.1 Å². The minimum Gasteiger partial charge on any atom is -0.454 e. The topological polar surface area (TPSA) is 59.6 Å². The fourth-order valence-corrected chi connectivity index (χ4v) is 2.56. The number of carbonyl (C=O) groups is 1. The zero-order valence-electron chi connectivity index (χ0n) is 9.66. The lowest BCUT2D eigenvalue weighted by molar-refractivity contribution is -0.119. The van der Waals surface area contributed by atoms with Gasteiger partial charge in [0.2, 0.25) is 12.7 Å². The van der Waals surface area contributed by atoms with E-state index in [0.29, 0.717) is 19.5 Å². The molecule has 6 heteroatoms. The van der Waals surface area contributed by atoms with Gasteiger partial charge in [-0.25, -0.2) is 0 Å². The van der Waals surface area contributed by atoms with Crippen LogP contribution >= 0.6 is 15.9 Å². The van der Waals surface area contributed by atoms with Crippen molar-refractivity contribution in [2.24, 2.45) is 0 Å². The van der Waals surface area contributed by atoms with E-state index in [4.69, 9.17) is 9.47 Å². The molecule has 2 heterocycles. The SMILES string of the molecule is O=C1CC(NCc2cc3c(cc2Br)OCO3)CN1. The van der Waals surface area contributed by atoms with Crippen LogP contribution in [-0.2, 0) is 11.3 Å². The molecule has 96 valence electrons. The molecule has 1 saturated heterocycles. The maximum absolute atomic E-state index is 11.1. The fourth-order valence-electron chi connectivity index (χ4n) is 2.10. The van der Waals surface area contributed by atoms with Crippen LogP contribution in [0.5, 0.6) is 11.5 Å². The summed E-state index contributed by atoms with van der Waals surface area (Å²) in [6, 6.07) is 4.08. The van der Waals surface area contributed by atoms with E-state index in [-0.39, 0.29) is 18.7 Å². The molecule has 0 aromatic heterocycles. The second-order valence-corrected chi connectivity index (χ2v) is 5.24. The van der Waals surface area contributed by atoms with Crippen molar-refractivity contribution >= 4 is 21.8 Å². The summed E-state index contributed by atoms with van der Waals surface area (Å²) in [6.45, 7) is 1.66. The maximum atomic E-state index is 11.1. The average Bonchev–Trinajstić information content (AvgIpc) is 2.94. The first kappa shape index (κ1) is 11.8. The second-order valence-electron chi connectivity index (χ2n) is 4.38. The highest BCUT2D eigenvalue weighted by molar-refractivity contribution is 9.10. The Balaban J connectivity index is 1.67. The van der Waals surface area contributed by atoms with E-state index in [1.54, 1.807) is 0 Å². The van der Waals surface area contributed by atoms with Crippen molar-refractivity contribution in [2.45, 2.75) is 19.0 Å². The standard InChI is InChI=1S/C12H13BrN2O3/c13-9-3-11-10(17-6-18-11)1-7(9)4-14-8-2-12(16)15-5-8/h1,3,8,14H,2,4-6H2,(H,15,16). The van der Waals surface area contributed by atoms with E-state index >= 15 is 0 Å². The van der Waals surface area contributed by atoms with E-state index in [1.165, 1.54) is 0 Å². The number of benzene rings is 1. The largest absolute Gasteiger partial charge is 0.454 e. The zero-order valence-corrected chi connectivity index (χ0v) is 11.2. The molecule has 0 bridgehead atoms. The smallest absolute Gasteiger partial charge is 0.231 e. The van der Waals surface area contributed by atoms with Crippen LogP contribution in [0.4, 0.5) is 0 Å². The first-order valence-electron chi connectivity index (χ1n) is 5.80. The lowest BCUT2D eigenvalue weighted by Crippen LogP contribution is -2.30. The number of rotatable bonds is 3. The molecular formula is C12H13BrN2O3. The Morgan fingerprint density at radius 2 is 2.17 bits per heavy atom. The maximum Gasteiger partial charge on any atom is 0.231 e. The molecule has 2 N–H and O–H groups in total. The summed E-state index contributed by atoms with van der Waals surface area (Å²) in [5.41, 5.74) is 1.10. The van der Waals surface area contributed by atoms with Gasteiger partial charge in [-0.1, -0.05) is 15.9 Å². The fraction of sp³-hybridized carbons (Fsp3) is 0.417. The summed E-state index contributed by atoms with van der Waals surface area (Å²) in [5, 5.41) is 6.15. The Morgan fingerprint density at radius 3 is 2.89 bits per heavy atom. The zero-order chi connectivity index (χ0) is 12.5. The molecule has 2 aliphatic heterocycles. The Hall–Kier alpha value is -1.27. The van der Waals surface area contributed by atoms with Gasteiger partial charge in [0.15, 0.2) is 11.5 Å². The predicted octanol–water partition coefficient (Wildman–Crippen LogP) is 1.16. The Labute approximate surface area is 113 Å². The van der Waals surface area contributed by atoms with Crippen molar-refractivity contribution in [2.75, 3.05) is 13.3 Å². The Kier molecular flexibility index (Phi) is 3.13. The molecule has 0 spiro atoms. The Morgan fingerprint density at radius 1 is 1.39 bits per heavy atom. The van der Waals surface area contributed by atoms with Crippen molar-refractivity contribution in [3.63, 3.8) is 0 Å². The first-order chi connectivity index (χ1) is 8.72. The van der Waals surface area contributed by atoms with Gasteiger partial charge in [-0.05, 0) is 17.7 Å². The highest BCUT2D eigenvalue weighted by Gasteiger charge is 2.21. The van der Waals surface area contributed by atoms with Gasteiger partial charge in [0.1, 0.15) is 0 Å². The van der Waals surface area contributed by atoms with Crippen LogP contribution in [0.25, 0.3) is 0 Å². The summed E-state index contributed by atoms with van der Waals surface area (Å²) in [7, 11) is 0. The van der Waals surface area contributed by atoms with E-state index in [9.17, 15) is 4.79 Å². The number of amides is 1. The van der Waals surface area contributed by atoms with Crippen LogP contribution in [0.2, 0.25) is 0 Å². The third-order valence-corrected chi connectivity index (χ3v) is 3.84. The monoisotopic (exact) mass is 312 g/mol. The summed E-state index contributed by atoms with van der Waals surface area (Å²) in [4.78, 5) is 11.1. The van der Waals surface area contributed by atoms with E-state index in [2.05, 4.69) is 26.6 Å². The van der Waals surface area contributed by atoms with Crippen LogP contribution in [0.15, 0.2) is 16.6 Å². The minimum atomic E-state index is 0.109. The van der Waals surface area contributed by atoms with E-state index in [0.717, 1.165) is 21.5 Å². The van der Waals surface area contributed by atoms with Crippen LogP contribution < -0.4 is 20.1 Å². The number of halogens is 1. The molecule has 1 atom stereocenters. The van der Waals surface area contributed by atoms with Gasteiger partial charge in [0.05, 0.1) is 0 Å². The number of nitrogens with one attached hydrogen (secondary N) is 2. The normalized spacial score (nSPS) is 21.2. The van der Waals surface area contributed by atoms with Crippen molar-refractivity contribution in [3.8, 4) is 11.5 Å². The van der Waals surface area contributed by atoms with Crippen molar-refractivity contribution in [1.82, 2.24) is 10.6 Å². The highest BCUT2D eigenvalue weighted by Crippen LogP contribution is 2.36. The van der Waals surface area contributed by atoms with Crippen molar-refractivity contribution in [1.29, 1.82) is 0 Å². The van der Waals surface area contributed by atoms with Crippen LogP contribution in [0.3, 0.4) is 0 Å². The summed E-state index contributed by atoms with van der Waals surface area (Å²) < 4.78 is 11.6. The molecule has 1 aromatic carbocycles. The predicted molar refractivity (Wildman–Crippen MR) is 68.5 cm³/mol. The van der Waals surface area contributed by atoms with Crippen molar-refractivity contribution < 1.29 is 14.3 Å². The quantitative estimate of drug-likeness (QED) is 0.879. The number of hydrogen-bond acceptors (Lipinski definition) is 4. The minimum absolute atomic E-state index is 0.109. The number of hydrogen-bond donors (Lipinski definition) is 2. The summed E-state index contributed by atoms with van der Waals surface area (Å²) in [5.74, 6) is 1.65. The second kappa shape index (κ2) is 4.78. The van der Waals surface area contributed by atoms with Gasteiger partial charge in [-0.15, -0.1) is 0 Å². The first-order valence-corrected chi connectivity index (χ1v) is 6.60. The number of carbonyl (C=O) groups excluding carboxylic acids is 1. The molecule has 1 unspecified atom stereocenters. The van der Waals surface area contributed by atoms with Crippen LogP contribution in [0.1, 0.15) is 12.0 Å². The van der Waals surface area contributed by atoms with E-state index < -0.39 is 0 Å². The molecule has 5 nitrogen and oxygen atoms in total. The molecule has 18 heavy (non-hydrogen) atoms. The van der Waals surface area contributed by atoms with Gasteiger partial charge in [0.25, 0.3) is 0 Å². The van der Waals surface area contributed by atoms with Gasteiger partial charge in [-0.3, -0.25) is 4.79 Å². The third kappa shape index (κ3) is 2.30. The van der Waals surface area contributed by atoms with Gasteiger partial charge in [0, 0.05) is 30.0 Å². The molecule has 0 saturated carbocycles. The van der Waals surface area contributed by atoms with Gasteiger partial charge in [-0.2, -0.15) is 0 Å². The lowest BCUT2D eigenvalue weighted by Gasteiger charge is -2.12. The van der Waals surface area contributed by atoms with Gasteiger partial charge >= 0.3 is 0 Å². The molecule has 0 aliphatic carbocycles. The van der Waals surface area contributed by atoms with Crippen LogP contribution in [0, 0.1) is 0 Å². The average molecular weight is 313 g/mol. The molecule has 1 amide bonds. The number of ether oxygens (including phenoxy) is 2. The summed E-state index contributed by atoms with van der Waals surface area (Å²) in [6.07, 6.45) is 0.544. The molecule has 1 aromatic rings. The Bertz CT molecular complexity index is 492. The molecule has 2 aliphatic rings. The van der Waals surface area contributed by atoms with Crippen molar-refractivity contribution in [3.05, 3.63) is 22.2 Å².